The number of rotatable bonds is 5. The van der Waals surface area contributed by atoms with Gasteiger partial charge in [0.15, 0.2) is 0 Å². The van der Waals surface area contributed by atoms with Crippen molar-refractivity contribution in [2.24, 2.45) is 0 Å². The van der Waals surface area contributed by atoms with Crippen LogP contribution in [0.5, 0.6) is 0 Å². The van der Waals surface area contributed by atoms with Gasteiger partial charge >= 0.3 is 0 Å². The molecule has 0 saturated heterocycles. The summed E-state index contributed by atoms with van der Waals surface area (Å²) in [6, 6.07) is 15.1. The molecule has 0 spiro atoms. The largest absolute Gasteiger partial charge is 0.325 e. The van der Waals surface area contributed by atoms with Gasteiger partial charge in [0.05, 0.1) is 6.04 Å². The summed E-state index contributed by atoms with van der Waals surface area (Å²) in [5, 5.41) is 6.91. The Bertz CT molecular complexity index is 657. The third-order valence-corrected chi connectivity index (χ3v) is 3.76. The molecule has 2 rings (SSSR count). The fourth-order valence-electron chi connectivity index (χ4n) is 2.30. The van der Waals surface area contributed by atoms with Crippen LogP contribution >= 0.6 is 11.6 Å². The van der Waals surface area contributed by atoms with Gasteiger partial charge in [-0.25, -0.2) is 0 Å². The molecule has 2 aromatic carbocycles. The van der Waals surface area contributed by atoms with Gasteiger partial charge in [-0.1, -0.05) is 35.9 Å². The molecule has 0 radical (unpaired) electrons. The van der Waals surface area contributed by atoms with E-state index in [1.807, 2.05) is 69.3 Å². The summed E-state index contributed by atoms with van der Waals surface area (Å²) < 4.78 is 0. The Labute approximate surface area is 136 Å². The van der Waals surface area contributed by atoms with Gasteiger partial charge in [-0.2, -0.15) is 0 Å². The number of anilines is 1. The molecule has 1 amide bonds. The predicted molar refractivity (Wildman–Crippen MR) is 92.3 cm³/mol. The van der Waals surface area contributed by atoms with E-state index in [2.05, 4.69) is 10.6 Å². The van der Waals surface area contributed by atoms with E-state index >= 15 is 0 Å². The van der Waals surface area contributed by atoms with Crippen molar-refractivity contribution in [1.29, 1.82) is 0 Å². The summed E-state index contributed by atoms with van der Waals surface area (Å²) in [5.41, 5.74) is 2.99. The molecule has 0 aromatic heterocycles. The maximum Gasteiger partial charge on any atom is 0.241 e. The van der Waals surface area contributed by atoms with Gasteiger partial charge in [0, 0.05) is 16.8 Å². The molecule has 0 aliphatic carbocycles. The van der Waals surface area contributed by atoms with Gasteiger partial charge < -0.3 is 5.32 Å². The summed E-state index contributed by atoms with van der Waals surface area (Å²) in [5.74, 6) is -0.0560. The molecular weight excluding hydrogens is 296 g/mol. The fourth-order valence-corrected chi connectivity index (χ4v) is 2.49. The second-order valence-corrected chi connectivity index (χ2v) is 5.96. The maximum atomic E-state index is 12.3. The first-order valence-corrected chi connectivity index (χ1v) is 7.72. The molecule has 2 atom stereocenters. The number of benzene rings is 2. The Hall–Kier alpha value is -1.84. The molecular formula is C18H21ClN2O. The van der Waals surface area contributed by atoms with Crippen molar-refractivity contribution in [3.8, 4) is 0 Å². The lowest BCUT2D eigenvalue weighted by Gasteiger charge is -2.20. The van der Waals surface area contributed by atoms with Gasteiger partial charge in [0.1, 0.15) is 0 Å². The lowest BCUT2D eigenvalue weighted by molar-refractivity contribution is -0.117. The normalized spacial score (nSPS) is 13.5. The highest BCUT2D eigenvalue weighted by Crippen LogP contribution is 2.18. The quantitative estimate of drug-likeness (QED) is 0.862. The lowest BCUT2D eigenvalue weighted by atomic mass is 10.1. The average Bonchev–Trinajstić information content (AvgIpc) is 2.47. The molecule has 0 saturated carbocycles. The third kappa shape index (κ3) is 4.58. The zero-order chi connectivity index (χ0) is 16.1. The first-order chi connectivity index (χ1) is 10.5. The Morgan fingerprint density at radius 1 is 1.09 bits per heavy atom. The second kappa shape index (κ2) is 7.43. The molecule has 0 fully saturated rings. The van der Waals surface area contributed by atoms with Crippen LogP contribution in [0.25, 0.3) is 0 Å². The Balaban J connectivity index is 1.96. The van der Waals surface area contributed by atoms with Crippen LogP contribution in [0.15, 0.2) is 48.5 Å². The molecule has 0 aliphatic rings. The summed E-state index contributed by atoms with van der Waals surface area (Å²) >= 11 is 6.00. The maximum absolute atomic E-state index is 12.3. The first kappa shape index (κ1) is 16.5. The number of amides is 1. The Morgan fingerprint density at radius 3 is 2.50 bits per heavy atom. The zero-order valence-corrected chi connectivity index (χ0v) is 13.8. The van der Waals surface area contributed by atoms with Crippen molar-refractivity contribution in [1.82, 2.24) is 5.32 Å². The van der Waals surface area contributed by atoms with Crippen LogP contribution in [0, 0.1) is 6.92 Å². The number of nitrogens with one attached hydrogen (secondary N) is 2. The molecule has 22 heavy (non-hydrogen) atoms. The molecule has 2 aromatic rings. The molecule has 2 N–H and O–H groups in total. The van der Waals surface area contributed by atoms with Crippen molar-refractivity contribution >= 4 is 23.2 Å². The van der Waals surface area contributed by atoms with Crippen LogP contribution in [0.3, 0.4) is 0 Å². The highest BCUT2D eigenvalue weighted by atomic mass is 35.5. The van der Waals surface area contributed by atoms with Crippen LogP contribution in [-0.4, -0.2) is 11.9 Å². The van der Waals surface area contributed by atoms with Crippen LogP contribution < -0.4 is 10.6 Å². The van der Waals surface area contributed by atoms with Gasteiger partial charge in [-0.3, -0.25) is 10.1 Å². The van der Waals surface area contributed by atoms with Crippen molar-refractivity contribution in [2.75, 3.05) is 5.32 Å². The van der Waals surface area contributed by atoms with Crippen LogP contribution in [0.2, 0.25) is 5.02 Å². The molecule has 116 valence electrons. The first-order valence-electron chi connectivity index (χ1n) is 7.35. The Morgan fingerprint density at radius 2 is 1.82 bits per heavy atom. The van der Waals surface area contributed by atoms with Crippen molar-refractivity contribution in [3.63, 3.8) is 0 Å². The van der Waals surface area contributed by atoms with Gasteiger partial charge in [0.25, 0.3) is 0 Å². The third-order valence-electron chi connectivity index (χ3n) is 3.53. The van der Waals surface area contributed by atoms with Crippen LogP contribution in [0.1, 0.15) is 31.0 Å². The monoisotopic (exact) mass is 316 g/mol. The topological polar surface area (TPSA) is 41.1 Å². The van der Waals surface area contributed by atoms with Crippen LogP contribution in [0.4, 0.5) is 5.69 Å². The highest BCUT2D eigenvalue weighted by Gasteiger charge is 2.16. The molecule has 3 nitrogen and oxygen atoms in total. The van der Waals surface area contributed by atoms with E-state index in [1.165, 1.54) is 0 Å². The van der Waals surface area contributed by atoms with E-state index in [1.54, 1.807) is 0 Å². The Kier molecular flexibility index (Phi) is 5.58. The second-order valence-electron chi connectivity index (χ2n) is 5.52. The van der Waals surface area contributed by atoms with Crippen molar-refractivity contribution in [3.05, 3.63) is 64.7 Å². The van der Waals surface area contributed by atoms with E-state index in [-0.39, 0.29) is 18.0 Å². The summed E-state index contributed by atoms with van der Waals surface area (Å²) in [6.07, 6.45) is 0. The number of carbonyl (C=O) groups is 1. The number of aryl methyl sites for hydroxylation is 1. The molecule has 4 heteroatoms. The summed E-state index contributed by atoms with van der Waals surface area (Å²) in [7, 11) is 0. The SMILES string of the molecule is Cc1cccc(NC(=O)[C@@H](C)N[C@@H](C)c2cccc(Cl)c2)c1. The minimum Gasteiger partial charge on any atom is -0.325 e. The molecule has 0 aliphatic heterocycles. The summed E-state index contributed by atoms with van der Waals surface area (Å²) in [6.45, 7) is 5.87. The van der Waals surface area contributed by atoms with Gasteiger partial charge in [-0.15, -0.1) is 0 Å². The fraction of sp³-hybridized carbons (Fsp3) is 0.278. The smallest absolute Gasteiger partial charge is 0.241 e. The van der Waals surface area contributed by atoms with E-state index in [0.717, 1.165) is 16.8 Å². The molecule has 0 heterocycles. The minimum absolute atomic E-state index is 0.0389. The van der Waals surface area contributed by atoms with Gasteiger partial charge in [0.2, 0.25) is 5.91 Å². The predicted octanol–water partition coefficient (Wildman–Crippen LogP) is 4.33. The minimum atomic E-state index is -0.311. The summed E-state index contributed by atoms with van der Waals surface area (Å²) in [4.78, 5) is 12.3. The van der Waals surface area contributed by atoms with Crippen LogP contribution in [-0.2, 0) is 4.79 Å². The lowest BCUT2D eigenvalue weighted by Crippen LogP contribution is -2.39. The van der Waals surface area contributed by atoms with Crippen molar-refractivity contribution in [2.45, 2.75) is 32.9 Å². The van der Waals surface area contributed by atoms with Gasteiger partial charge in [-0.05, 0) is 56.2 Å². The average molecular weight is 317 g/mol. The highest BCUT2D eigenvalue weighted by molar-refractivity contribution is 6.30. The number of halogens is 1. The van der Waals surface area contributed by atoms with E-state index in [9.17, 15) is 4.79 Å². The van der Waals surface area contributed by atoms with E-state index in [0.29, 0.717) is 5.02 Å². The van der Waals surface area contributed by atoms with E-state index in [4.69, 9.17) is 11.6 Å². The zero-order valence-electron chi connectivity index (χ0n) is 13.1. The molecule has 0 bridgehead atoms. The number of carbonyl (C=O) groups excluding carboxylic acids is 1. The number of hydrogen-bond acceptors (Lipinski definition) is 2. The van der Waals surface area contributed by atoms with E-state index < -0.39 is 0 Å². The van der Waals surface area contributed by atoms with Crippen molar-refractivity contribution < 1.29 is 4.79 Å². The molecule has 0 unspecified atom stereocenters. The number of hydrogen-bond donors (Lipinski definition) is 2. The standard InChI is InChI=1S/C18H21ClN2O/c1-12-6-4-9-17(10-12)21-18(22)14(3)20-13(2)15-7-5-8-16(19)11-15/h4-11,13-14,20H,1-3H3,(H,21,22)/t13-,14+/m0/s1.